The van der Waals surface area contributed by atoms with Crippen LogP contribution in [0.1, 0.15) is 20.8 Å². The lowest BCUT2D eigenvalue weighted by atomic mass is 9.88. The average Bonchev–Trinajstić information content (AvgIpc) is 2.62. The van der Waals surface area contributed by atoms with Crippen LogP contribution in [0.4, 0.5) is 0 Å². The zero-order valence-corrected chi connectivity index (χ0v) is 8.72. The topological polar surface area (TPSA) is 35.5 Å². The third-order valence-electron chi connectivity index (χ3n) is 2.91. The Balaban J connectivity index is 2.49. The van der Waals surface area contributed by atoms with Gasteiger partial charge in [-0.25, -0.2) is 0 Å². The summed E-state index contributed by atoms with van der Waals surface area (Å²) < 4.78 is 11.1. The summed E-state index contributed by atoms with van der Waals surface area (Å²) in [5.74, 6) is -0.658. The van der Waals surface area contributed by atoms with Gasteiger partial charge >= 0.3 is 0 Å². The van der Waals surface area contributed by atoms with Gasteiger partial charge in [0.2, 0.25) is 5.79 Å². The molecule has 0 atom stereocenters. The number of carbonyl (C=O) groups excluding carboxylic acids is 1. The second kappa shape index (κ2) is 3.04. The number of ether oxygens (including phenoxy) is 2. The first-order valence-electron chi connectivity index (χ1n) is 4.77. The first-order chi connectivity index (χ1) is 6.57. The van der Waals surface area contributed by atoms with Crippen LogP contribution < -0.4 is 0 Å². The molecule has 3 heteroatoms. The van der Waals surface area contributed by atoms with E-state index in [9.17, 15) is 4.79 Å². The van der Waals surface area contributed by atoms with Crippen molar-refractivity contribution >= 4 is 5.78 Å². The maximum absolute atomic E-state index is 11.6. The van der Waals surface area contributed by atoms with Gasteiger partial charge in [-0.15, -0.1) is 0 Å². The quantitative estimate of drug-likeness (QED) is 0.587. The predicted octanol–water partition coefficient (Wildman–Crippen LogP) is 1.59. The number of allylic oxidation sites excluding steroid dienone is 2. The van der Waals surface area contributed by atoms with Crippen LogP contribution in [-0.4, -0.2) is 24.8 Å². The number of ketones is 1. The Morgan fingerprint density at radius 3 is 2.36 bits per heavy atom. The number of carbonyl (C=O) groups is 1. The molecule has 0 amide bonds. The molecule has 2 aliphatic rings. The van der Waals surface area contributed by atoms with Gasteiger partial charge in [-0.05, 0) is 38.0 Å². The Morgan fingerprint density at radius 1 is 1.21 bits per heavy atom. The molecule has 0 saturated carbocycles. The van der Waals surface area contributed by atoms with Gasteiger partial charge in [0.05, 0.1) is 13.2 Å². The lowest BCUT2D eigenvalue weighted by Crippen LogP contribution is -2.34. The minimum atomic E-state index is -0.748. The molecular weight excluding hydrogens is 180 g/mol. The van der Waals surface area contributed by atoms with Crippen molar-refractivity contribution in [2.75, 3.05) is 13.2 Å². The molecule has 14 heavy (non-hydrogen) atoms. The number of rotatable bonds is 0. The van der Waals surface area contributed by atoms with Gasteiger partial charge in [0.15, 0.2) is 5.78 Å². The van der Waals surface area contributed by atoms with Gasteiger partial charge in [-0.3, -0.25) is 4.79 Å². The van der Waals surface area contributed by atoms with E-state index in [0.717, 1.165) is 11.1 Å². The molecule has 0 N–H and O–H groups in total. The van der Waals surface area contributed by atoms with Crippen molar-refractivity contribution < 1.29 is 14.3 Å². The molecule has 1 saturated heterocycles. The third kappa shape index (κ3) is 1.16. The molecule has 1 fully saturated rings. The summed E-state index contributed by atoms with van der Waals surface area (Å²) in [6, 6.07) is 0. The molecule has 3 nitrogen and oxygen atoms in total. The lowest BCUT2D eigenvalue weighted by Gasteiger charge is -2.30. The van der Waals surface area contributed by atoms with Gasteiger partial charge < -0.3 is 9.47 Å². The minimum Gasteiger partial charge on any atom is -0.340 e. The molecule has 0 aromatic heterocycles. The normalized spacial score (nSPS) is 25.9. The SMILES string of the molecule is CC1=CC2(OCCO2)C(C)=C(C)C1=O. The molecular formula is C11H14O3. The van der Waals surface area contributed by atoms with Crippen molar-refractivity contribution in [1.82, 2.24) is 0 Å². The summed E-state index contributed by atoms with van der Waals surface area (Å²) in [6.45, 7) is 6.68. The molecule has 1 aliphatic carbocycles. The van der Waals surface area contributed by atoms with Crippen LogP contribution in [0.5, 0.6) is 0 Å². The van der Waals surface area contributed by atoms with Crippen LogP contribution in [0.3, 0.4) is 0 Å². The Morgan fingerprint density at radius 2 is 1.79 bits per heavy atom. The maximum Gasteiger partial charge on any atom is 0.212 e. The molecule has 2 rings (SSSR count). The highest BCUT2D eigenvalue weighted by Gasteiger charge is 2.41. The van der Waals surface area contributed by atoms with E-state index >= 15 is 0 Å². The van der Waals surface area contributed by atoms with Crippen molar-refractivity contribution in [1.29, 1.82) is 0 Å². The second-order valence-electron chi connectivity index (χ2n) is 3.77. The highest BCUT2D eigenvalue weighted by Crippen LogP contribution is 2.36. The highest BCUT2D eigenvalue weighted by atomic mass is 16.7. The predicted molar refractivity (Wildman–Crippen MR) is 51.8 cm³/mol. The maximum atomic E-state index is 11.6. The number of hydrogen-bond donors (Lipinski definition) is 0. The standard InChI is InChI=1S/C11H14O3/c1-7-6-11(13-4-5-14-11)9(3)8(2)10(7)12/h6H,4-5H2,1-3H3. The van der Waals surface area contributed by atoms with E-state index in [-0.39, 0.29) is 5.78 Å². The summed E-state index contributed by atoms with van der Waals surface area (Å²) in [5.41, 5.74) is 2.33. The molecule has 0 radical (unpaired) electrons. The smallest absolute Gasteiger partial charge is 0.212 e. The molecule has 1 heterocycles. The van der Waals surface area contributed by atoms with E-state index in [1.54, 1.807) is 13.0 Å². The average molecular weight is 194 g/mol. The summed E-state index contributed by atoms with van der Waals surface area (Å²) in [5, 5.41) is 0. The number of hydrogen-bond acceptors (Lipinski definition) is 3. The molecule has 1 aliphatic heterocycles. The summed E-state index contributed by atoms with van der Waals surface area (Å²) in [4.78, 5) is 11.6. The van der Waals surface area contributed by atoms with Crippen molar-refractivity contribution in [3.05, 3.63) is 22.8 Å². The monoisotopic (exact) mass is 194 g/mol. The van der Waals surface area contributed by atoms with Gasteiger partial charge in [0.25, 0.3) is 0 Å². The van der Waals surface area contributed by atoms with Gasteiger partial charge in [-0.1, -0.05) is 0 Å². The Hall–Kier alpha value is -0.930. The molecule has 76 valence electrons. The molecule has 0 unspecified atom stereocenters. The molecule has 0 aromatic carbocycles. The largest absolute Gasteiger partial charge is 0.340 e. The van der Waals surface area contributed by atoms with E-state index < -0.39 is 5.79 Å². The molecule has 0 aromatic rings. The summed E-state index contributed by atoms with van der Waals surface area (Å²) in [7, 11) is 0. The van der Waals surface area contributed by atoms with Gasteiger partial charge in [0, 0.05) is 5.57 Å². The Bertz CT molecular complexity index is 344. The van der Waals surface area contributed by atoms with Gasteiger partial charge in [0.1, 0.15) is 0 Å². The minimum absolute atomic E-state index is 0.0900. The Kier molecular flexibility index (Phi) is 2.09. The Labute approximate surface area is 83.4 Å². The fraction of sp³-hybridized carbons (Fsp3) is 0.545. The lowest BCUT2D eigenvalue weighted by molar-refractivity contribution is -0.116. The van der Waals surface area contributed by atoms with Crippen molar-refractivity contribution in [2.45, 2.75) is 26.6 Å². The van der Waals surface area contributed by atoms with Crippen molar-refractivity contribution in [3.63, 3.8) is 0 Å². The summed E-state index contributed by atoms with van der Waals surface area (Å²) >= 11 is 0. The first-order valence-corrected chi connectivity index (χ1v) is 4.77. The van der Waals surface area contributed by atoms with Gasteiger partial charge in [-0.2, -0.15) is 0 Å². The zero-order valence-electron chi connectivity index (χ0n) is 8.72. The second-order valence-corrected chi connectivity index (χ2v) is 3.77. The molecule has 0 bridgehead atoms. The van der Waals surface area contributed by atoms with E-state index in [1.165, 1.54) is 0 Å². The van der Waals surface area contributed by atoms with Crippen LogP contribution in [-0.2, 0) is 14.3 Å². The van der Waals surface area contributed by atoms with E-state index in [1.807, 2.05) is 13.8 Å². The first kappa shape index (κ1) is 9.62. The zero-order chi connectivity index (χ0) is 10.3. The summed E-state index contributed by atoms with van der Waals surface area (Å²) in [6.07, 6.45) is 1.78. The van der Waals surface area contributed by atoms with E-state index in [2.05, 4.69) is 0 Å². The highest BCUT2D eigenvalue weighted by molar-refractivity contribution is 6.09. The number of Topliss-reactive ketones (excluding diaryl/α,β-unsaturated/α-hetero) is 1. The van der Waals surface area contributed by atoms with Crippen LogP contribution in [0.2, 0.25) is 0 Å². The van der Waals surface area contributed by atoms with Crippen LogP contribution in [0.15, 0.2) is 22.8 Å². The van der Waals surface area contributed by atoms with E-state index in [0.29, 0.717) is 18.8 Å². The third-order valence-corrected chi connectivity index (χ3v) is 2.91. The van der Waals surface area contributed by atoms with E-state index in [4.69, 9.17) is 9.47 Å². The van der Waals surface area contributed by atoms with Crippen molar-refractivity contribution in [3.8, 4) is 0 Å². The fourth-order valence-electron chi connectivity index (χ4n) is 1.91. The van der Waals surface area contributed by atoms with Crippen LogP contribution >= 0.6 is 0 Å². The van der Waals surface area contributed by atoms with Crippen LogP contribution in [0.25, 0.3) is 0 Å². The fourth-order valence-corrected chi connectivity index (χ4v) is 1.91. The molecule has 1 spiro atoms. The van der Waals surface area contributed by atoms with Crippen molar-refractivity contribution in [2.24, 2.45) is 0 Å². The van der Waals surface area contributed by atoms with Crippen LogP contribution in [0, 0.1) is 0 Å².